The van der Waals surface area contributed by atoms with Crippen LogP contribution in [0.3, 0.4) is 0 Å². The standard InChI is InChI=1S/C28H22N4O6S2/c33-13-21-16(15-40(37)28-24(27(36)32(21)28)30-23(34)12-17-6-5-11-39-17)14-38-22-10-4-2-8-19(22)25-29-20-9-3-1-7-18(20)26(35)31-25/h1-11,13,24,28H,12,14-15H2,(H,30,34)(H,29,31,35). The number of fused-ring (bicyclic) bond motifs is 2. The molecule has 2 aliphatic rings. The Bertz CT molecular complexity index is 1720. The Morgan fingerprint density at radius 2 is 1.98 bits per heavy atom. The second-order valence-electron chi connectivity index (χ2n) is 9.25. The molecule has 12 heteroatoms. The summed E-state index contributed by atoms with van der Waals surface area (Å²) >= 11 is -0.137. The normalized spacial score (nSPS) is 20.2. The van der Waals surface area contributed by atoms with Crippen LogP contribution in [0.1, 0.15) is 4.88 Å². The van der Waals surface area contributed by atoms with Gasteiger partial charge < -0.3 is 19.6 Å². The minimum atomic E-state index is -1.57. The molecule has 0 radical (unpaired) electrons. The van der Waals surface area contributed by atoms with Gasteiger partial charge in [0.05, 0.1) is 28.6 Å². The van der Waals surface area contributed by atoms with Crippen molar-refractivity contribution in [3.63, 3.8) is 0 Å². The van der Waals surface area contributed by atoms with Gasteiger partial charge in [0.25, 0.3) is 11.5 Å². The van der Waals surface area contributed by atoms with Crippen LogP contribution in [0.25, 0.3) is 22.3 Å². The molecule has 0 saturated carbocycles. The van der Waals surface area contributed by atoms with Crippen molar-refractivity contribution in [3.05, 3.63) is 92.5 Å². The highest BCUT2D eigenvalue weighted by molar-refractivity contribution is 7.92. The van der Waals surface area contributed by atoms with Crippen LogP contribution in [-0.4, -0.2) is 61.3 Å². The van der Waals surface area contributed by atoms with Gasteiger partial charge in [0.1, 0.15) is 23.9 Å². The predicted octanol–water partition coefficient (Wildman–Crippen LogP) is 2.14. The highest BCUT2D eigenvalue weighted by atomic mass is 32.2. The molecular weight excluding hydrogens is 552 g/mol. The number of aromatic nitrogens is 2. The second-order valence-corrected chi connectivity index (χ2v) is 11.8. The fraction of sp³-hybridized carbons (Fsp3) is 0.179. The summed E-state index contributed by atoms with van der Waals surface area (Å²) in [5.74, 6) is -0.126. The molecule has 2 amide bonds. The SMILES string of the molecule is O=CC1=C(COc2ccccc2-c2nc3ccccc3c(=O)[nH]2)C[S+]([O-])C2C(NC(=O)Cc3cccs3)C(=O)N12. The number of nitrogens with zero attached hydrogens (tertiary/aromatic N) is 2. The fourth-order valence-corrected chi connectivity index (χ4v) is 7.23. The van der Waals surface area contributed by atoms with E-state index in [0.717, 1.165) is 4.88 Å². The molecule has 3 atom stereocenters. The van der Waals surface area contributed by atoms with E-state index in [9.17, 15) is 23.7 Å². The van der Waals surface area contributed by atoms with E-state index in [1.165, 1.54) is 16.2 Å². The number of amides is 2. The Morgan fingerprint density at radius 3 is 2.77 bits per heavy atom. The van der Waals surface area contributed by atoms with E-state index in [1.807, 2.05) is 17.5 Å². The zero-order valence-corrected chi connectivity index (χ0v) is 22.5. The van der Waals surface area contributed by atoms with Gasteiger partial charge >= 0.3 is 0 Å². The molecule has 6 rings (SSSR count). The minimum Gasteiger partial charge on any atom is -0.614 e. The van der Waals surface area contributed by atoms with Crippen LogP contribution >= 0.6 is 11.3 Å². The second kappa shape index (κ2) is 10.7. The van der Waals surface area contributed by atoms with Crippen molar-refractivity contribution in [2.45, 2.75) is 17.8 Å². The molecule has 4 aromatic rings. The van der Waals surface area contributed by atoms with Crippen LogP contribution in [0.4, 0.5) is 0 Å². The number of benzene rings is 2. The largest absolute Gasteiger partial charge is 0.614 e. The predicted molar refractivity (Wildman–Crippen MR) is 150 cm³/mol. The third-order valence-electron chi connectivity index (χ3n) is 6.75. The maximum Gasteiger partial charge on any atom is 0.261 e. The molecule has 40 heavy (non-hydrogen) atoms. The van der Waals surface area contributed by atoms with Crippen LogP contribution in [-0.2, 0) is 32.0 Å². The number of hydrogen-bond acceptors (Lipinski definition) is 8. The molecule has 2 aromatic heterocycles. The average Bonchev–Trinajstić information content (AvgIpc) is 3.47. The van der Waals surface area contributed by atoms with E-state index in [4.69, 9.17) is 4.74 Å². The number of aldehydes is 1. The molecule has 3 unspecified atom stereocenters. The van der Waals surface area contributed by atoms with E-state index < -0.39 is 28.5 Å². The summed E-state index contributed by atoms with van der Waals surface area (Å²) < 4.78 is 19.2. The third-order valence-corrected chi connectivity index (χ3v) is 9.28. The molecule has 4 heterocycles. The highest BCUT2D eigenvalue weighted by Crippen LogP contribution is 2.36. The lowest BCUT2D eigenvalue weighted by atomic mass is 10.0. The fourth-order valence-electron chi connectivity index (χ4n) is 4.84. The number of H-pyrrole nitrogens is 1. The number of nitrogens with one attached hydrogen (secondary N) is 2. The number of aromatic amines is 1. The number of para-hydroxylation sites is 2. The lowest BCUT2D eigenvalue weighted by Crippen LogP contribution is -2.74. The Hall–Kier alpha value is -4.26. The first-order valence-corrected chi connectivity index (χ1v) is 14.6. The molecular formula is C28H22N4O6S2. The Balaban J connectivity index is 1.21. The number of ether oxygens (including phenoxy) is 1. The van der Waals surface area contributed by atoms with Gasteiger partial charge in [-0.25, -0.2) is 4.98 Å². The van der Waals surface area contributed by atoms with Crippen LogP contribution in [0.2, 0.25) is 0 Å². The monoisotopic (exact) mass is 574 g/mol. The average molecular weight is 575 g/mol. The summed E-state index contributed by atoms with van der Waals surface area (Å²) in [6.45, 7) is -0.111. The summed E-state index contributed by atoms with van der Waals surface area (Å²) in [6, 6.07) is 16.7. The minimum absolute atomic E-state index is 0.00698. The van der Waals surface area contributed by atoms with Crippen LogP contribution in [0, 0.1) is 0 Å². The van der Waals surface area contributed by atoms with E-state index in [2.05, 4.69) is 15.3 Å². The topological polar surface area (TPSA) is 145 Å². The van der Waals surface area contributed by atoms with Gasteiger partial charge in [0, 0.05) is 10.5 Å². The Labute approximate surface area is 234 Å². The number of rotatable bonds is 8. The zero-order chi connectivity index (χ0) is 27.8. The number of thiophene rings is 1. The molecule has 2 aliphatic heterocycles. The molecule has 202 valence electrons. The summed E-state index contributed by atoms with van der Waals surface area (Å²) in [4.78, 5) is 59.5. The highest BCUT2D eigenvalue weighted by Gasteiger charge is 2.59. The molecule has 2 N–H and O–H groups in total. The molecule has 0 bridgehead atoms. The van der Waals surface area contributed by atoms with Crippen molar-refractivity contribution < 1.29 is 23.7 Å². The molecule has 0 spiro atoms. The maximum absolute atomic E-state index is 13.2. The van der Waals surface area contributed by atoms with Crippen molar-refractivity contribution in [1.82, 2.24) is 20.2 Å². The van der Waals surface area contributed by atoms with E-state index >= 15 is 0 Å². The molecule has 0 aliphatic carbocycles. The summed E-state index contributed by atoms with van der Waals surface area (Å²) in [5, 5.41) is 4.18. The van der Waals surface area contributed by atoms with Crippen molar-refractivity contribution in [2.75, 3.05) is 12.4 Å². The van der Waals surface area contributed by atoms with Crippen molar-refractivity contribution >= 4 is 51.5 Å². The summed E-state index contributed by atoms with van der Waals surface area (Å²) in [7, 11) is 0. The Morgan fingerprint density at radius 1 is 1.18 bits per heavy atom. The summed E-state index contributed by atoms with van der Waals surface area (Å²) in [5.41, 5.74) is 1.26. The van der Waals surface area contributed by atoms with Crippen molar-refractivity contribution in [2.24, 2.45) is 0 Å². The Kier molecular flexibility index (Phi) is 6.96. The molecule has 1 fully saturated rings. The zero-order valence-electron chi connectivity index (χ0n) is 20.9. The van der Waals surface area contributed by atoms with Crippen molar-refractivity contribution in [1.29, 1.82) is 0 Å². The van der Waals surface area contributed by atoms with Crippen LogP contribution < -0.4 is 15.6 Å². The van der Waals surface area contributed by atoms with Gasteiger partial charge in [0.2, 0.25) is 11.3 Å². The number of carbonyl (C=O) groups excluding carboxylic acids is 3. The smallest absolute Gasteiger partial charge is 0.261 e. The molecule has 1 saturated heterocycles. The summed E-state index contributed by atoms with van der Waals surface area (Å²) in [6.07, 6.45) is 0.672. The van der Waals surface area contributed by atoms with Gasteiger partial charge in [0.15, 0.2) is 12.3 Å². The van der Waals surface area contributed by atoms with Crippen LogP contribution in [0.15, 0.2) is 82.1 Å². The number of β-lactam (4-membered cyclic amide) rings is 1. The molecule has 10 nitrogen and oxygen atoms in total. The van der Waals surface area contributed by atoms with Gasteiger partial charge in [-0.15, -0.1) is 11.3 Å². The number of hydrogen-bond donors (Lipinski definition) is 2. The first-order chi connectivity index (χ1) is 19.4. The first-order valence-electron chi connectivity index (χ1n) is 12.3. The lowest BCUT2D eigenvalue weighted by molar-refractivity contribution is -0.147. The number of carbonyl (C=O) groups is 3. The lowest BCUT2D eigenvalue weighted by Gasteiger charge is -2.48. The number of allylic oxidation sites excluding steroid dienone is 1. The van der Waals surface area contributed by atoms with E-state index in [-0.39, 0.29) is 35.9 Å². The van der Waals surface area contributed by atoms with Gasteiger partial charge in [-0.05, 0) is 46.9 Å². The third kappa shape index (κ3) is 4.70. The van der Waals surface area contributed by atoms with Gasteiger partial charge in [-0.2, -0.15) is 0 Å². The van der Waals surface area contributed by atoms with Gasteiger partial charge in [-0.3, -0.25) is 24.1 Å². The van der Waals surface area contributed by atoms with Crippen LogP contribution in [0.5, 0.6) is 5.75 Å². The van der Waals surface area contributed by atoms with E-state index in [1.54, 1.807) is 48.5 Å². The quantitative estimate of drug-likeness (QED) is 0.186. The van der Waals surface area contributed by atoms with Crippen molar-refractivity contribution in [3.8, 4) is 17.1 Å². The first kappa shape index (κ1) is 26.0. The van der Waals surface area contributed by atoms with Gasteiger partial charge in [-0.1, -0.05) is 30.3 Å². The van der Waals surface area contributed by atoms with E-state index in [0.29, 0.717) is 39.9 Å². The molecule has 2 aromatic carbocycles. The maximum atomic E-state index is 13.2.